The molecule has 0 spiro atoms. The number of carbonyl (C=O) groups is 3. The summed E-state index contributed by atoms with van der Waals surface area (Å²) in [4.78, 5) is 39.3. The summed E-state index contributed by atoms with van der Waals surface area (Å²) in [6.07, 6.45) is -0.120. The third kappa shape index (κ3) is 34.0. The van der Waals surface area contributed by atoms with E-state index in [1.165, 1.54) is 20.8 Å². The van der Waals surface area contributed by atoms with Crippen LogP contribution in [0.3, 0.4) is 0 Å². The van der Waals surface area contributed by atoms with E-state index in [4.69, 9.17) is 10.5 Å². The van der Waals surface area contributed by atoms with Gasteiger partial charge in [-0.25, -0.2) is 9.78 Å². The van der Waals surface area contributed by atoms with Crippen molar-refractivity contribution in [1.82, 2.24) is 0 Å². The number of Topliss-reactive ketones (excluding diaryl/α,β-unsaturated/α-hetero) is 3. The fourth-order valence-corrected chi connectivity index (χ4v) is 0.859. The molecule has 0 aromatic heterocycles. The number of hydrogen-bond donors (Lipinski definition) is 2. The molecule has 0 radical (unpaired) electrons. The van der Waals surface area contributed by atoms with Crippen LogP contribution in [0.4, 0.5) is 0 Å². The standard InChI is InChI=1S/C7H10O3.2C3H8O2.2H2O.Ti/c1-4(8)7(5(2)9)6(3)10;2*1-3(2)5-4;;;/h7H,1-3H3;2*3-4H,1-2H3;2*1H2;. The van der Waals surface area contributed by atoms with Crippen LogP contribution in [0.25, 0.3) is 0 Å². The van der Waals surface area contributed by atoms with Crippen LogP contribution in [0.5, 0.6) is 0 Å². The third-order valence-electron chi connectivity index (χ3n) is 1.64. The molecule has 0 aliphatic rings. The molecule has 0 saturated carbocycles. The Balaban J connectivity index is -0.0000000483. The average molecular weight is 378 g/mol. The zero-order chi connectivity index (χ0) is 16.9. The van der Waals surface area contributed by atoms with Gasteiger partial charge in [-0.15, -0.1) is 0 Å². The molecule has 0 atom stereocenters. The maximum absolute atomic E-state index is 10.6. The Kier molecular flexibility index (Phi) is 39.4. The fraction of sp³-hybridized carbons (Fsp3) is 0.769. The summed E-state index contributed by atoms with van der Waals surface area (Å²) in [5, 5.41) is 15.3. The molecule has 0 amide bonds. The van der Waals surface area contributed by atoms with Crippen LogP contribution in [0.2, 0.25) is 0 Å². The molecule has 0 aliphatic carbocycles. The first-order valence-corrected chi connectivity index (χ1v) is 6.12. The van der Waals surface area contributed by atoms with Crippen LogP contribution in [-0.2, 0) is 45.9 Å². The zero-order valence-corrected chi connectivity index (χ0v) is 16.2. The van der Waals surface area contributed by atoms with Gasteiger partial charge in [0, 0.05) is 21.7 Å². The number of hydrogen-bond acceptors (Lipinski definition) is 7. The van der Waals surface area contributed by atoms with Crippen molar-refractivity contribution >= 4 is 17.3 Å². The predicted molar refractivity (Wildman–Crippen MR) is 80.5 cm³/mol. The van der Waals surface area contributed by atoms with Gasteiger partial charge in [0.15, 0.2) is 0 Å². The van der Waals surface area contributed by atoms with Gasteiger partial charge in [0.25, 0.3) is 0 Å². The van der Waals surface area contributed by atoms with E-state index in [1.807, 2.05) is 0 Å². The Morgan fingerprint density at radius 2 is 0.826 bits per heavy atom. The zero-order valence-electron chi connectivity index (χ0n) is 14.7. The van der Waals surface area contributed by atoms with Crippen LogP contribution < -0.4 is 0 Å². The third-order valence-corrected chi connectivity index (χ3v) is 1.64. The second kappa shape index (κ2) is 23.7. The molecule has 10 heteroatoms. The first kappa shape index (κ1) is 38.2. The summed E-state index contributed by atoms with van der Waals surface area (Å²) in [5.74, 6) is -2.15. The molecule has 0 aromatic carbocycles. The second-order valence-electron chi connectivity index (χ2n) is 4.57. The molecule has 9 nitrogen and oxygen atoms in total. The van der Waals surface area contributed by atoms with E-state index in [0.29, 0.717) is 0 Å². The van der Waals surface area contributed by atoms with Crippen LogP contribution in [-0.4, -0.2) is 51.0 Å². The summed E-state index contributed by atoms with van der Waals surface area (Å²) in [6, 6.07) is 0. The Morgan fingerprint density at radius 3 is 0.826 bits per heavy atom. The first-order chi connectivity index (χ1) is 9.00. The van der Waals surface area contributed by atoms with Gasteiger partial charge in [0.05, 0.1) is 12.2 Å². The number of carbonyl (C=O) groups excluding carboxylic acids is 3. The van der Waals surface area contributed by atoms with E-state index >= 15 is 0 Å². The van der Waals surface area contributed by atoms with E-state index in [9.17, 15) is 14.4 Å². The van der Waals surface area contributed by atoms with Gasteiger partial charge in [-0.1, -0.05) is 0 Å². The van der Waals surface area contributed by atoms with E-state index in [2.05, 4.69) is 9.78 Å². The van der Waals surface area contributed by atoms with Crippen molar-refractivity contribution in [3.8, 4) is 0 Å². The number of ketones is 3. The second-order valence-corrected chi connectivity index (χ2v) is 4.57. The molecule has 6 N–H and O–H groups in total. The van der Waals surface area contributed by atoms with Crippen LogP contribution in [0, 0.1) is 5.92 Å². The molecular formula is C13H30O9Ti. The van der Waals surface area contributed by atoms with Crippen molar-refractivity contribution in [1.29, 1.82) is 0 Å². The molecule has 0 heterocycles. The predicted octanol–water partition coefficient (Wildman–Crippen LogP) is 0.487. The van der Waals surface area contributed by atoms with Crippen molar-refractivity contribution in [2.45, 2.75) is 60.7 Å². The fourth-order valence-electron chi connectivity index (χ4n) is 0.859. The molecule has 0 aromatic rings. The first-order valence-electron chi connectivity index (χ1n) is 6.12. The minimum atomic E-state index is -1.03. The van der Waals surface area contributed by atoms with Crippen molar-refractivity contribution in [2.24, 2.45) is 5.92 Å². The van der Waals surface area contributed by atoms with E-state index in [-0.39, 0.29) is 62.2 Å². The van der Waals surface area contributed by atoms with Gasteiger partial charge in [0.1, 0.15) is 23.3 Å². The van der Waals surface area contributed by atoms with Crippen LogP contribution in [0.1, 0.15) is 48.5 Å². The average Bonchev–Trinajstić information content (AvgIpc) is 2.28. The molecule has 0 rings (SSSR count). The van der Waals surface area contributed by atoms with Gasteiger partial charge < -0.3 is 11.0 Å². The minimum absolute atomic E-state index is 0. The van der Waals surface area contributed by atoms with Crippen molar-refractivity contribution in [2.75, 3.05) is 0 Å². The Hall–Kier alpha value is -0.516. The van der Waals surface area contributed by atoms with E-state index < -0.39 is 5.92 Å². The Morgan fingerprint density at radius 1 is 0.696 bits per heavy atom. The maximum Gasteiger partial charge on any atom is 0.147 e. The smallest absolute Gasteiger partial charge is 0.147 e. The van der Waals surface area contributed by atoms with Crippen molar-refractivity contribution in [3.63, 3.8) is 0 Å². The monoisotopic (exact) mass is 378 g/mol. The molecule has 0 bridgehead atoms. The normalized spacial score (nSPS) is 8.35. The van der Waals surface area contributed by atoms with Gasteiger partial charge in [-0.2, -0.15) is 0 Å². The van der Waals surface area contributed by atoms with Gasteiger partial charge in [-0.3, -0.25) is 24.9 Å². The number of rotatable bonds is 5. The molecule has 0 fully saturated rings. The van der Waals surface area contributed by atoms with Crippen molar-refractivity contribution in [3.05, 3.63) is 0 Å². The maximum atomic E-state index is 10.6. The molecular weight excluding hydrogens is 348 g/mol. The van der Waals surface area contributed by atoms with Gasteiger partial charge in [-0.05, 0) is 48.5 Å². The summed E-state index contributed by atoms with van der Waals surface area (Å²) in [6.45, 7) is 10.7. The largest absolute Gasteiger partial charge is 0.412 e. The summed E-state index contributed by atoms with van der Waals surface area (Å²) >= 11 is 0. The molecule has 0 unspecified atom stereocenters. The Labute approximate surface area is 151 Å². The van der Waals surface area contributed by atoms with Gasteiger partial charge in [0.2, 0.25) is 0 Å². The Bertz CT molecular complexity index is 252. The topological polar surface area (TPSA) is 173 Å². The molecule has 0 aliphatic heterocycles. The van der Waals surface area contributed by atoms with Crippen molar-refractivity contribution < 1.29 is 67.3 Å². The quantitative estimate of drug-likeness (QED) is 0.303. The SMILES string of the molecule is CC(=O)C(C(C)=O)C(C)=O.CC(C)OO.CC(C)OO.O.O.[Ti]. The van der Waals surface area contributed by atoms with Crippen LogP contribution >= 0.6 is 0 Å². The summed E-state index contributed by atoms with van der Waals surface area (Å²) in [7, 11) is 0. The van der Waals surface area contributed by atoms with E-state index in [1.54, 1.807) is 27.7 Å². The molecule has 140 valence electrons. The van der Waals surface area contributed by atoms with Gasteiger partial charge >= 0.3 is 0 Å². The summed E-state index contributed by atoms with van der Waals surface area (Å²) < 4.78 is 0. The van der Waals surface area contributed by atoms with E-state index in [0.717, 1.165) is 0 Å². The molecule has 23 heavy (non-hydrogen) atoms. The van der Waals surface area contributed by atoms with Crippen LogP contribution in [0.15, 0.2) is 0 Å². The minimum Gasteiger partial charge on any atom is -0.412 e. The summed E-state index contributed by atoms with van der Waals surface area (Å²) in [5.41, 5.74) is 0. The molecule has 0 saturated heterocycles.